The van der Waals surface area contributed by atoms with Crippen LogP contribution in [0.4, 0.5) is 30.2 Å². The first kappa shape index (κ1) is 38.2. The fourth-order valence-electron chi connectivity index (χ4n) is 5.14. The lowest BCUT2D eigenvalue weighted by molar-refractivity contribution is -0.137. The zero-order chi connectivity index (χ0) is 36.8. The molecule has 266 valence electrons. The minimum Gasteiger partial charge on any atom is -0.478 e. The number of amidine groups is 1. The van der Waals surface area contributed by atoms with Gasteiger partial charge in [-0.05, 0) is 91.6 Å². The fraction of sp³-hybridized carbons (Fsp3) is 0.211. The second kappa shape index (κ2) is 18.4. The van der Waals surface area contributed by atoms with Crippen molar-refractivity contribution < 1.29 is 32.7 Å². The molecule has 0 aliphatic carbocycles. The number of anilines is 3. The molecule has 1 saturated heterocycles. The maximum atomic E-state index is 12.8. The van der Waals surface area contributed by atoms with Gasteiger partial charge >= 0.3 is 12.1 Å². The van der Waals surface area contributed by atoms with Crippen LogP contribution in [0.2, 0.25) is 0 Å². The van der Waals surface area contributed by atoms with Crippen LogP contribution >= 0.6 is 11.8 Å². The normalized spacial score (nSPS) is 13.3. The first-order valence-corrected chi connectivity index (χ1v) is 17.0. The number of hydrogen-bond donors (Lipinski definition) is 4. The van der Waals surface area contributed by atoms with E-state index in [0.717, 1.165) is 60.5 Å². The molecule has 13 heteroatoms. The van der Waals surface area contributed by atoms with E-state index in [4.69, 9.17) is 10.8 Å². The molecule has 1 heterocycles. The molecular weight excluding hydrogens is 680 g/mol. The van der Waals surface area contributed by atoms with E-state index in [2.05, 4.69) is 20.5 Å². The summed E-state index contributed by atoms with van der Waals surface area (Å²) in [5.74, 6) is -0.801. The summed E-state index contributed by atoms with van der Waals surface area (Å²) in [5.41, 5.74) is 9.28. The molecule has 5 rings (SSSR count). The summed E-state index contributed by atoms with van der Waals surface area (Å²) >= 11 is 1.55. The van der Waals surface area contributed by atoms with Gasteiger partial charge in [-0.1, -0.05) is 30.3 Å². The second-order valence-electron chi connectivity index (χ2n) is 11.4. The zero-order valence-electron chi connectivity index (χ0n) is 27.8. The average Bonchev–Trinajstić information content (AvgIpc) is 3.14. The number of rotatable bonds is 11. The minimum absolute atomic E-state index is 0.0695. The third kappa shape index (κ3) is 11.8. The zero-order valence-corrected chi connectivity index (χ0v) is 28.6. The topological polar surface area (TPSA) is 137 Å². The van der Waals surface area contributed by atoms with Crippen LogP contribution in [0, 0.1) is 0 Å². The number of thioether (sulfide) groups is 1. The van der Waals surface area contributed by atoms with Gasteiger partial charge in [-0.25, -0.2) is 4.79 Å². The van der Waals surface area contributed by atoms with Crippen molar-refractivity contribution in [3.05, 3.63) is 131 Å². The SMILES string of the molecule is CNc1ccc(N2CCCCC2)cc1C(=O)N=C(N)/C=C\Nc1cccc(C(F)(F)F)c1.O=Cc1cccc(CSc2cccc(C(=O)O)c2)c1. The Hall–Kier alpha value is -5.56. The van der Waals surface area contributed by atoms with E-state index < -0.39 is 23.6 Å². The molecule has 51 heavy (non-hydrogen) atoms. The molecule has 4 aromatic rings. The number of aliphatic imine (C=N–C) groups is 1. The van der Waals surface area contributed by atoms with Crippen LogP contribution in [0.25, 0.3) is 0 Å². The van der Waals surface area contributed by atoms with Gasteiger partial charge in [-0.15, -0.1) is 11.8 Å². The highest BCUT2D eigenvalue weighted by molar-refractivity contribution is 7.98. The Kier molecular flexibility index (Phi) is 13.8. The van der Waals surface area contributed by atoms with Gasteiger partial charge in [-0.2, -0.15) is 18.2 Å². The Morgan fingerprint density at radius 3 is 2.41 bits per heavy atom. The van der Waals surface area contributed by atoms with Gasteiger partial charge in [0, 0.05) is 59.6 Å². The predicted octanol–water partition coefficient (Wildman–Crippen LogP) is 8.35. The van der Waals surface area contributed by atoms with Crippen molar-refractivity contribution in [1.82, 2.24) is 0 Å². The van der Waals surface area contributed by atoms with Crippen molar-refractivity contribution in [3.8, 4) is 0 Å². The number of hydrogen-bond acceptors (Lipinski definition) is 7. The first-order chi connectivity index (χ1) is 24.5. The van der Waals surface area contributed by atoms with Crippen molar-refractivity contribution in [2.75, 3.05) is 35.7 Å². The standard InChI is InChI=1S/C23H26F3N5O.C15H12O3S/c1-28-20-9-8-18(31-12-3-2-4-13-31)15-19(20)22(32)30-21(27)10-11-29-17-7-5-6-16(14-17)23(24,25)26;16-9-11-3-1-4-12(7-11)10-19-14-6-2-5-13(8-14)15(17)18/h5-11,14-15,28-29H,2-4,12-13H2,1H3,(H2,27,30,32);1-9H,10H2,(H,17,18)/b11-10-;. The van der Waals surface area contributed by atoms with E-state index >= 15 is 0 Å². The number of aromatic carboxylic acids is 1. The quantitative estimate of drug-likeness (QED) is 0.0522. The number of alkyl halides is 3. The van der Waals surface area contributed by atoms with E-state index in [9.17, 15) is 27.6 Å². The monoisotopic (exact) mass is 717 g/mol. The lowest BCUT2D eigenvalue weighted by atomic mass is 10.1. The highest BCUT2D eigenvalue weighted by Crippen LogP contribution is 2.31. The Balaban J connectivity index is 0.000000261. The fourth-order valence-corrected chi connectivity index (χ4v) is 6.04. The number of amides is 1. The van der Waals surface area contributed by atoms with E-state index in [1.165, 1.54) is 30.8 Å². The van der Waals surface area contributed by atoms with Crippen LogP contribution < -0.4 is 21.3 Å². The number of piperidine rings is 1. The van der Waals surface area contributed by atoms with Crippen LogP contribution in [0.5, 0.6) is 0 Å². The highest BCUT2D eigenvalue weighted by Gasteiger charge is 2.30. The van der Waals surface area contributed by atoms with Crippen molar-refractivity contribution in [3.63, 3.8) is 0 Å². The molecule has 9 nitrogen and oxygen atoms in total. The van der Waals surface area contributed by atoms with Crippen molar-refractivity contribution in [2.45, 2.75) is 36.1 Å². The van der Waals surface area contributed by atoms with Gasteiger partial charge in [0.05, 0.1) is 16.7 Å². The summed E-state index contributed by atoms with van der Waals surface area (Å²) in [6, 6.07) is 24.6. The minimum atomic E-state index is -4.43. The van der Waals surface area contributed by atoms with Crippen molar-refractivity contribution in [1.29, 1.82) is 0 Å². The van der Waals surface area contributed by atoms with Crippen LogP contribution in [0.15, 0.2) is 113 Å². The highest BCUT2D eigenvalue weighted by atomic mass is 32.2. The Morgan fingerprint density at radius 1 is 0.961 bits per heavy atom. The van der Waals surface area contributed by atoms with Crippen LogP contribution in [0.1, 0.15) is 61.5 Å². The van der Waals surface area contributed by atoms with Gasteiger partial charge in [-0.3, -0.25) is 9.59 Å². The molecule has 4 aromatic carbocycles. The maximum absolute atomic E-state index is 12.8. The summed E-state index contributed by atoms with van der Waals surface area (Å²) in [5, 5.41) is 14.6. The number of carboxylic acids is 1. The Bertz CT molecular complexity index is 1890. The van der Waals surface area contributed by atoms with Crippen LogP contribution in [0.3, 0.4) is 0 Å². The smallest absolute Gasteiger partial charge is 0.416 e. The molecule has 1 aliphatic rings. The molecule has 0 unspecified atom stereocenters. The lowest BCUT2D eigenvalue weighted by Gasteiger charge is -2.29. The molecule has 0 bridgehead atoms. The number of benzene rings is 4. The number of aldehydes is 1. The predicted molar refractivity (Wildman–Crippen MR) is 197 cm³/mol. The number of nitrogens with two attached hydrogens (primary N) is 1. The van der Waals surface area contributed by atoms with Crippen molar-refractivity contribution in [2.24, 2.45) is 10.7 Å². The number of halogens is 3. The van der Waals surface area contributed by atoms with Crippen LogP contribution in [-0.2, 0) is 11.9 Å². The van der Waals surface area contributed by atoms with E-state index in [-0.39, 0.29) is 17.1 Å². The summed E-state index contributed by atoms with van der Waals surface area (Å²) in [6.45, 7) is 1.89. The number of carbonyl (C=O) groups is 3. The third-order valence-electron chi connectivity index (χ3n) is 7.72. The molecule has 1 amide bonds. The lowest BCUT2D eigenvalue weighted by Crippen LogP contribution is -2.29. The van der Waals surface area contributed by atoms with E-state index in [0.29, 0.717) is 22.6 Å². The maximum Gasteiger partial charge on any atom is 0.416 e. The average molecular weight is 718 g/mol. The van der Waals surface area contributed by atoms with E-state index in [1.54, 1.807) is 49.1 Å². The molecule has 0 radical (unpaired) electrons. The third-order valence-corrected chi connectivity index (χ3v) is 8.79. The molecule has 5 N–H and O–H groups in total. The molecule has 0 saturated carbocycles. The molecule has 0 atom stereocenters. The molecular formula is C38H38F3N5O4S. The molecule has 1 aliphatic heterocycles. The van der Waals surface area contributed by atoms with Crippen molar-refractivity contribution >= 4 is 52.8 Å². The Morgan fingerprint density at radius 2 is 1.71 bits per heavy atom. The van der Waals surface area contributed by atoms with E-state index in [1.807, 2.05) is 36.4 Å². The Labute approximate surface area is 298 Å². The second-order valence-corrected chi connectivity index (χ2v) is 12.5. The number of nitrogens with one attached hydrogen (secondary N) is 2. The molecule has 0 spiro atoms. The summed E-state index contributed by atoms with van der Waals surface area (Å²) in [6.07, 6.45) is 2.49. The van der Waals surface area contributed by atoms with Gasteiger partial charge in [0.1, 0.15) is 12.1 Å². The summed E-state index contributed by atoms with van der Waals surface area (Å²) < 4.78 is 38.4. The summed E-state index contributed by atoms with van der Waals surface area (Å²) in [7, 11) is 1.72. The van der Waals surface area contributed by atoms with Gasteiger partial charge in [0.25, 0.3) is 5.91 Å². The number of carbonyl (C=O) groups excluding carboxylic acids is 2. The van der Waals surface area contributed by atoms with Gasteiger partial charge in [0.15, 0.2) is 0 Å². The van der Waals surface area contributed by atoms with Crippen LogP contribution in [-0.4, -0.2) is 49.2 Å². The summed E-state index contributed by atoms with van der Waals surface area (Å²) in [4.78, 5) is 41.4. The van der Waals surface area contributed by atoms with Gasteiger partial charge < -0.3 is 26.4 Å². The van der Waals surface area contributed by atoms with Gasteiger partial charge in [0.2, 0.25) is 0 Å². The largest absolute Gasteiger partial charge is 0.478 e. The molecule has 0 aromatic heterocycles. The molecule has 1 fully saturated rings. The number of carboxylic acid groups (broad SMARTS) is 1. The first-order valence-electron chi connectivity index (χ1n) is 16.0. The number of nitrogens with zero attached hydrogens (tertiary/aromatic N) is 2.